The van der Waals surface area contributed by atoms with Gasteiger partial charge in [0.2, 0.25) is 0 Å². The zero-order valence-corrected chi connectivity index (χ0v) is 20.0. The van der Waals surface area contributed by atoms with Crippen LogP contribution in [-0.4, -0.2) is 0 Å². The molecule has 0 spiro atoms. The van der Waals surface area contributed by atoms with Gasteiger partial charge in [0.15, 0.2) is 0 Å². The number of nitriles is 6. The molecule has 16 heavy (non-hydrogen) atoms. The molecule has 0 aromatic carbocycles. The molecule has 0 rings (SSSR count). The first-order valence-electron chi connectivity index (χ1n) is 1.55. The first kappa shape index (κ1) is 79.1. The Hall–Kier alpha value is 2.37. The van der Waals surface area contributed by atoms with E-state index in [2.05, 4.69) is 39.4 Å². The molecule has 0 aliphatic carbocycles. The zero-order valence-electron chi connectivity index (χ0n) is 9.50. The molecule has 0 fully saturated rings. The van der Waals surface area contributed by atoms with E-state index in [-0.39, 0.29) is 171 Å². The predicted molar refractivity (Wildman–Crippen MR) is 40.0 cm³/mol. The number of nitrogens with zero attached hydrogens (tertiary/aromatic N) is 6. The summed E-state index contributed by atoms with van der Waals surface area (Å²) < 4.78 is 0. The Morgan fingerprint density at radius 1 is 0.312 bits per heavy atom. The van der Waals surface area contributed by atoms with Gasteiger partial charge in [-0.05, 0) is 0 Å². The van der Waals surface area contributed by atoms with Crippen molar-refractivity contribution in [2.24, 2.45) is 0 Å². The Balaban J connectivity index is -0.00000000321. The van der Waals surface area contributed by atoms with Crippen LogP contribution in [0.3, 0.4) is 0 Å². The third kappa shape index (κ3) is 689. The van der Waals surface area contributed by atoms with Crippen molar-refractivity contribution < 1.29 is 171 Å². The minimum absolute atomic E-state index is 0. The monoisotopic (exact) mass is 335 g/mol. The third-order valence-corrected chi connectivity index (χ3v) is 0. The summed E-state index contributed by atoms with van der Waals surface area (Å²) in [5.41, 5.74) is 0. The molecule has 0 amide bonds. The minimum atomic E-state index is 0. The molecular weight excluding hydrogens is 329 g/mol. The van der Waals surface area contributed by atoms with Crippen LogP contribution >= 0.6 is 0 Å². The molecule has 0 aromatic rings. The Kier molecular flexibility index (Phi) is 4100. The van der Waals surface area contributed by atoms with Gasteiger partial charge in [-0.1, -0.05) is 0 Å². The van der Waals surface area contributed by atoms with Gasteiger partial charge >= 0.3 is 154 Å². The molecule has 0 saturated heterocycles. The van der Waals surface area contributed by atoms with Crippen LogP contribution in [0.25, 0.3) is 0 Å². The molecule has 0 heterocycles. The topological polar surface area (TPSA) is 143 Å². The maximum atomic E-state index is 6.50. The fourth-order valence-electron chi connectivity index (χ4n) is 0. The molecule has 68 valence electrons. The molecule has 0 aromatic heterocycles. The van der Waals surface area contributed by atoms with Gasteiger partial charge in [-0.15, -0.1) is 0 Å². The van der Waals surface area contributed by atoms with Crippen molar-refractivity contribution in [2.45, 2.75) is 0 Å². The van der Waals surface area contributed by atoms with Gasteiger partial charge in [0.1, 0.15) is 0 Å². The van der Waals surface area contributed by atoms with Crippen LogP contribution in [0, 0.1) is 71.0 Å². The summed E-state index contributed by atoms with van der Waals surface area (Å²) in [4.78, 5) is 0. The summed E-state index contributed by atoms with van der Waals surface area (Å²) in [5.74, 6) is 0. The van der Waals surface area contributed by atoms with Crippen molar-refractivity contribution >= 4 is 0 Å². The first-order chi connectivity index (χ1) is 6.00. The largest absolute Gasteiger partial charge is 1.00 e. The Bertz CT molecular complexity index is 103. The van der Waals surface area contributed by atoms with Crippen molar-refractivity contribution in [1.82, 2.24) is 0 Å². The van der Waals surface area contributed by atoms with Gasteiger partial charge in [-0.25, -0.2) is 31.6 Å². The number of hydrogen-bond donors (Lipinski definition) is 0. The van der Waals surface area contributed by atoms with Crippen LogP contribution in [0.1, 0.15) is 0 Å². The maximum Gasteiger partial charge on any atom is 1.00 e. The van der Waals surface area contributed by atoms with E-state index in [1.165, 1.54) is 0 Å². The summed E-state index contributed by atoms with van der Waals surface area (Å²) >= 11 is 0. The molecule has 0 atom stereocenters. The molecule has 0 radical (unpaired) electrons. The van der Waals surface area contributed by atoms with Gasteiger partial charge in [-0.2, -0.15) is 0 Å². The molecule has 10 heteroatoms. The Morgan fingerprint density at radius 2 is 0.312 bits per heavy atom. The maximum absolute atomic E-state index is 6.50. The van der Waals surface area contributed by atoms with Crippen LogP contribution in [0.2, 0.25) is 0 Å². The molecule has 0 saturated carbocycles. The second-order valence-corrected chi connectivity index (χ2v) is 0. The van der Waals surface area contributed by atoms with Crippen molar-refractivity contribution in [3.63, 3.8) is 0 Å². The summed E-state index contributed by atoms with van der Waals surface area (Å²) in [6.45, 7) is 21.0. The second kappa shape index (κ2) is 829. The normalized spacial score (nSPS) is 0.750. The van der Waals surface area contributed by atoms with Gasteiger partial charge in [0.25, 0.3) is 0 Å². The molecule has 0 aliphatic heterocycles. The van der Waals surface area contributed by atoms with Gasteiger partial charge < -0.3 is 0 Å². The summed E-state index contributed by atoms with van der Waals surface area (Å²) in [5, 5.41) is 39.0. The van der Waals surface area contributed by atoms with Crippen molar-refractivity contribution in [2.75, 3.05) is 0 Å². The molecular formula is C6H6FeK3N6+3. The standard InChI is InChI=1S/6CHN.Fe.3K/c6*1-2;;;;/h6*1H;;;;/q;;;;;;;3*+1. The second-order valence-electron chi connectivity index (χ2n) is 0. The number of hydrogen-bond acceptors (Lipinski definition) is 6. The molecule has 0 bridgehead atoms. The van der Waals surface area contributed by atoms with Crippen molar-refractivity contribution in [3.05, 3.63) is 0 Å². The van der Waals surface area contributed by atoms with Crippen molar-refractivity contribution in [3.8, 4) is 39.4 Å². The fourth-order valence-corrected chi connectivity index (χ4v) is 0. The Morgan fingerprint density at radius 3 is 0.312 bits per heavy atom. The number of rotatable bonds is 0. The van der Waals surface area contributed by atoms with Crippen LogP contribution in [-0.2, 0) is 17.1 Å². The van der Waals surface area contributed by atoms with E-state index in [0.717, 1.165) is 0 Å². The van der Waals surface area contributed by atoms with Crippen molar-refractivity contribution in [1.29, 1.82) is 31.6 Å². The predicted octanol–water partition coefficient (Wildman–Crippen LogP) is -8.15. The van der Waals surface area contributed by atoms with E-state index in [4.69, 9.17) is 31.6 Å². The SMILES string of the molecule is C#N.C#N.C#N.C#N.C#N.C#N.[Fe].[K+].[K+].[K+]. The van der Waals surface area contributed by atoms with Gasteiger partial charge in [0, 0.05) is 56.5 Å². The molecule has 6 nitrogen and oxygen atoms in total. The van der Waals surface area contributed by atoms with E-state index in [9.17, 15) is 0 Å². The smallest absolute Gasteiger partial charge is 0.202 e. The summed E-state index contributed by atoms with van der Waals surface area (Å²) in [6.07, 6.45) is 0. The van der Waals surface area contributed by atoms with E-state index < -0.39 is 0 Å². The van der Waals surface area contributed by atoms with E-state index >= 15 is 0 Å². The summed E-state index contributed by atoms with van der Waals surface area (Å²) in [7, 11) is 0. The first-order valence-corrected chi connectivity index (χ1v) is 1.55. The van der Waals surface area contributed by atoms with Gasteiger partial charge in [-0.3, -0.25) is 0 Å². The Labute approximate surface area is 235 Å². The van der Waals surface area contributed by atoms with Gasteiger partial charge in [0.05, 0.1) is 0 Å². The fraction of sp³-hybridized carbons (Fsp3) is 0. The van der Waals surface area contributed by atoms with E-state index in [1.807, 2.05) is 0 Å². The molecule has 0 aliphatic rings. The average Bonchev–Trinajstić information content (AvgIpc) is 2.33. The van der Waals surface area contributed by atoms with Crippen LogP contribution in [0.4, 0.5) is 0 Å². The molecule has 0 N–H and O–H groups in total. The van der Waals surface area contributed by atoms with Crippen LogP contribution in [0.5, 0.6) is 0 Å². The van der Waals surface area contributed by atoms with E-state index in [1.54, 1.807) is 0 Å². The third-order valence-electron chi connectivity index (χ3n) is 0. The van der Waals surface area contributed by atoms with E-state index in [0.29, 0.717) is 0 Å². The quantitative estimate of drug-likeness (QED) is 0.402. The summed E-state index contributed by atoms with van der Waals surface area (Å²) in [6, 6.07) is 0. The average molecular weight is 335 g/mol. The minimum Gasteiger partial charge on any atom is -0.202 e. The zero-order chi connectivity index (χ0) is 12.0. The van der Waals surface area contributed by atoms with Crippen LogP contribution < -0.4 is 154 Å². The molecule has 0 unspecified atom stereocenters. The van der Waals surface area contributed by atoms with Crippen LogP contribution in [0.15, 0.2) is 0 Å².